The molecule has 0 aliphatic carbocycles. The molecule has 10 heavy (non-hydrogen) atoms. The van der Waals surface area contributed by atoms with Gasteiger partial charge in [-0.25, -0.2) is 0 Å². The van der Waals surface area contributed by atoms with Crippen LogP contribution in [0.4, 0.5) is 0 Å². The van der Waals surface area contributed by atoms with Crippen LogP contribution in [-0.4, -0.2) is 0 Å². The maximum atomic E-state index is 8.23. The Kier molecular flexibility index (Phi) is 1.96. The van der Waals surface area contributed by atoms with Crippen LogP contribution >= 0.6 is 0 Å². The second kappa shape index (κ2) is 2.92. The van der Waals surface area contributed by atoms with E-state index in [2.05, 4.69) is 5.32 Å². The van der Waals surface area contributed by atoms with Crippen molar-refractivity contribution in [3.05, 3.63) is 24.2 Å². The quantitative estimate of drug-likeness (QED) is 0.494. The molecule has 1 N–H and O–H groups in total. The monoisotopic (exact) mass is 136 g/mol. The van der Waals surface area contributed by atoms with Gasteiger partial charge in [-0.05, 0) is 19.1 Å². The fraction of sp³-hybridized carbons (Fsp3) is 0.286. The second-order valence-corrected chi connectivity index (χ2v) is 1.99. The summed E-state index contributed by atoms with van der Waals surface area (Å²) < 4.78 is 5.03. The van der Waals surface area contributed by atoms with Crippen LogP contribution in [0.2, 0.25) is 0 Å². The molecule has 0 saturated heterocycles. The smallest absolute Gasteiger partial charge is 0.177 e. The first kappa shape index (κ1) is 6.69. The maximum absolute atomic E-state index is 8.23. The average Bonchev–Trinajstić information content (AvgIpc) is 2.38. The summed E-state index contributed by atoms with van der Waals surface area (Å²) in [6, 6.07) is 3.60. The molecule has 1 aromatic heterocycles. The Bertz CT molecular complexity index is 222. The number of rotatable bonds is 2. The fourth-order valence-corrected chi connectivity index (χ4v) is 0.706. The molecule has 1 aromatic rings. The third-order valence-corrected chi connectivity index (χ3v) is 1.25. The Morgan fingerprint density at radius 2 is 2.60 bits per heavy atom. The summed E-state index contributed by atoms with van der Waals surface area (Å²) in [6.07, 6.45) is 3.43. The minimum absolute atomic E-state index is 0.0278. The minimum atomic E-state index is -0.0278. The van der Waals surface area contributed by atoms with Crippen molar-refractivity contribution in [2.45, 2.75) is 13.0 Å². The molecule has 0 bridgehead atoms. The van der Waals surface area contributed by atoms with E-state index < -0.39 is 0 Å². The molecule has 0 saturated carbocycles. The molecule has 0 aliphatic heterocycles. The van der Waals surface area contributed by atoms with Crippen molar-refractivity contribution < 1.29 is 4.42 Å². The lowest BCUT2D eigenvalue weighted by atomic mass is 10.3. The Balaban J connectivity index is 2.61. The molecule has 0 aromatic carbocycles. The van der Waals surface area contributed by atoms with Crippen molar-refractivity contribution in [3.8, 4) is 6.19 Å². The van der Waals surface area contributed by atoms with Crippen molar-refractivity contribution in [2.24, 2.45) is 0 Å². The van der Waals surface area contributed by atoms with Gasteiger partial charge in [-0.1, -0.05) is 0 Å². The highest BCUT2D eigenvalue weighted by atomic mass is 16.3. The average molecular weight is 136 g/mol. The molecule has 3 heteroatoms. The van der Waals surface area contributed by atoms with E-state index in [9.17, 15) is 0 Å². The molecule has 0 fully saturated rings. The third kappa shape index (κ3) is 1.29. The molecule has 1 atom stereocenters. The highest BCUT2D eigenvalue weighted by molar-refractivity contribution is 5.04. The lowest BCUT2D eigenvalue weighted by Crippen LogP contribution is -2.10. The first-order chi connectivity index (χ1) is 4.84. The Morgan fingerprint density at radius 3 is 3.10 bits per heavy atom. The van der Waals surface area contributed by atoms with Crippen molar-refractivity contribution in [1.29, 1.82) is 5.26 Å². The van der Waals surface area contributed by atoms with Crippen molar-refractivity contribution >= 4 is 0 Å². The van der Waals surface area contributed by atoms with E-state index in [1.807, 2.05) is 19.2 Å². The van der Waals surface area contributed by atoms with Crippen LogP contribution in [0.3, 0.4) is 0 Å². The maximum Gasteiger partial charge on any atom is 0.177 e. The summed E-state index contributed by atoms with van der Waals surface area (Å²) >= 11 is 0. The normalized spacial score (nSPS) is 12.0. The summed E-state index contributed by atoms with van der Waals surface area (Å²) in [4.78, 5) is 0. The number of nitrogens with zero attached hydrogens (tertiary/aromatic N) is 1. The topological polar surface area (TPSA) is 49.0 Å². The van der Waals surface area contributed by atoms with E-state index in [4.69, 9.17) is 9.68 Å². The van der Waals surface area contributed by atoms with Crippen LogP contribution in [0.25, 0.3) is 0 Å². The van der Waals surface area contributed by atoms with E-state index >= 15 is 0 Å². The highest BCUT2D eigenvalue weighted by Gasteiger charge is 2.04. The zero-order valence-corrected chi connectivity index (χ0v) is 5.66. The van der Waals surface area contributed by atoms with Gasteiger partial charge in [-0.3, -0.25) is 0 Å². The number of nitrogens with one attached hydrogen (secondary N) is 1. The predicted molar refractivity (Wildman–Crippen MR) is 35.9 cm³/mol. The van der Waals surface area contributed by atoms with Crippen LogP contribution in [0.5, 0.6) is 0 Å². The minimum Gasteiger partial charge on any atom is -0.467 e. The van der Waals surface area contributed by atoms with Crippen LogP contribution in [-0.2, 0) is 0 Å². The van der Waals surface area contributed by atoms with Gasteiger partial charge in [0, 0.05) is 0 Å². The first-order valence-corrected chi connectivity index (χ1v) is 3.02. The van der Waals surface area contributed by atoms with E-state index in [-0.39, 0.29) is 6.04 Å². The SMILES string of the molecule is C[C@H](NC#N)c1ccco1. The van der Waals surface area contributed by atoms with Crippen molar-refractivity contribution in [3.63, 3.8) is 0 Å². The summed E-state index contributed by atoms with van der Waals surface area (Å²) in [5.74, 6) is 0.779. The van der Waals surface area contributed by atoms with Gasteiger partial charge in [0.05, 0.1) is 12.3 Å². The van der Waals surface area contributed by atoms with Crippen LogP contribution in [0.15, 0.2) is 22.8 Å². The summed E-state index contributed by atoms with van der Waals surface area (Å²) in [7, 11) is 0. The van der Waals surface area contributed by atoms with Gasteiger partial charge < -0.3 is 9.73 Å². The van der Waals surface area contributed by atoms with E-state index in [0.717, 1.165) is 5.76 Å². The lowest BCUT2D eigenvalue weighted by molar-refractivity contribution is 0.459. The lowest BCUT2D eigenvalue weighted by Gasteiger charge is -2.02. The number of hydrogen-bond acceptors (Lipinski definition) is 3. The molecule has 1 heterocycles. The van der Waals surface area contributed by atoms with Crippen LogP contribution in [0.1, 0.15) is 18.7 Å². The van der Waals surface area contributed by atoms with Gasteiger partial charge in [0.2, 0.25) is 0 Å². The molecule has 0 spiro atoms. The largest absolute Gasteiger partial charge is 0.467 e. The number of furan rings is 1. The summed E-state index contributed by atoms with van der Waals surface area (Å²) in [5.41, 5.74) is 0. The molecule has 1 rings (SSSR count). The fourth-order valence-electron chi connectivity index (χ4n) is 0.706. The van der Waals surface area contributed by atoms with Gasteiger partial charge in [0.15, 0.2) is 6.19 Å². The Hall–Kier alpha value is -1.43. The zero-order valence-electron chi connectivity index (χ0n) is 5.66. The molecule has 52 valence electrons. The highest BCUT2D eigenvalue weighted by Crippen LogP contribution is 2.10. The van der Waals surface area contributed by atoms with Gasteiger partial charge in [0.1, 0.15) is 5.76 Å². The summed E-state index contributed by atoms with van der Waals surface area (Å²) in [5, 5.41) is 10.8. The van der Waals surface area contributed by atoms with Crippen LogP contribution < -0.4 is 5.32 Å². The predicted octanol–water partition coefficient (Wildman–Crippen LogP) is 1.41. The molecule has 0 amide bonds. The van der Waals surface area contributed by atoms with Crippen molar-refractivity contribution in [2.75, 3.05) is 0 Å². The third-order valence-electron chi connectivity index (χ3n) is 1.25. The van der Waals surface area contributed by atoms with Crippen LogP contribution in [0, 0.1) is 11.5 Å². The first-order valence-electron chi connectivity index (χ1n) is 3.02. The van der Waals surface area contributed by atoms with E-state index in [1.165, 1.54) is 0 Å². The zero-order chi connectivity index (χ0) is 7.40. The van der Waals surface area contributed by atoms with Gasteiger partial charge in [-0.2, -0.15) is 5.26 Å². The molecular weight excluding hydrogens is 128 g/mol. The van der Waals surface area contributed by atoms with Gasteiger partial charge in [-0.15, -0.1) is 0 Å². The van der Waals surface area contributed by atoms with Crippen molar-refractivity contribution in [1.82, 2.24) is 5.32 Å². The molecule has 0 radical (unpaired) electrons. The standard InChI is InChI=1S/C7H8N2O/c1-6(9-5-8)7-3-2-4-10-7/h2-4,6,9H,1H3/t6-/m0/s1. The Labute approximate surface area is 59.3 Å². The number of hydrogen-bond donors (Lipinski definition) is 1. The van der Waals surface area contributed by atoms with E-state index in [1.54, 1.807) is 12.3 Å². The molecule has 3 nitrogen and oxygen atoms in total. The molecular formula is C7H8N2O. The molecule has 0 unspecified atom stereocenters. The summed E-state index contributed by atoms with van der Waals surface area (Å²) in [6.45, 7) is 1.86. The second-order valence-electron chi connectivity index (χ2n) is 1.99. The molecule has 0 aliphatic rings. The van der Waals surface area contributed by atoms with Gasteiger partial charge >= 0.3 is 0 Å². The number of nitriles is 1. The van der Waals surface area contributed by atoms with E-state index in [0.29, 0.717) is 0 Å². The van der Waals surface area contributed by atoms with Gasteiger partial charge in [0.25, 0.3) is 0 Å². The Morgan fingerprint density at radius 1 is 1.80 bits per heavy atom.